The van der Waals surface area contributed by atoms with Crippen molar-refractivity contribution in [2.24, 2.45) is 0 Å². The van der Waals surface area contributed by atoms with Gasteiger partial charge in [0.05, 0.1) is 12.2 Å². The molecule has 0 amide bonds. The first kappa shape index (κ1) is 10.3. The van der Waals surface area contributed by atoms with Crippen LogP contribution in [-0.4, -0.2) is 35.7 Å². The normalized spacial score (nSPS) is 23.4. The lowest BCUT2D eigenvalue weighted by Crippen LogP contribution is -2.40. The molecule has 3 rings (SSSR count). The van der Waals surface area contributed by atoms with E-state index in [4.69, 9.17) is 4.52 Å². The molecule has 0 spiro atoms. The Labute approximate surface area is 96.0 Å². The zero-order valence-electron chi connectivity index (χ0n) is 9.99. The Morgan fingerprint density at radius 2 is 2.31 bits per heavy atom. The van der Waals surface area contributed by atoms with Gasteiger partial charge in [0.25, 0.3) is 0 Å². The number of aromatic nitrogens is 1. The largest absolute Gasteiger partial charge is 0.360 e. The fourth-order valence-corrected chi connectivity index (χ4v) is 2.08. The van der Waals surface area contributed by atoms with Crippen LogP contribution < -0.4 is 5.32 Å². The fourth-order valence-electron chi connectivity index (χ4n) is 2.08. The first-order valence-corrected chi connectivity index (χ1v) is 6.05. The van der Waals surface area contributed by atoms with Crippen molar-refractivity contribution in [1.29, 1.82) is 0 Å². The van der Waals surface area contributed by atoms with E-state index in [1.54, 1.807) is 0 Å². The van der Waals surface area contributed by atoms with Gasteiger partial charge in [-0.05, 0) is 26.8 Å². The summed E-state index contributed by atoms with van der Waals surface area (Å²) in [7, 11) is 2.17. The molecule has 1 aromatic heterocycles. The molecule has 2 heterocycles. The van der Waals surface area contributed by atoms with Gasteiger partial charge in [-0.15, -0.1) is 0 Å². The average molecular weight is 221 g/mol. The van der Waals surface area contributed by atoms with Crippen LogP contribution in [0.25, 0.3) is 0 Å². The highest BCUT2D eigenvalue weighted by Crippen LogP contribution is 2.40. The maximum absolute atomic E-state index is 5.40. The van der Waals surface area contributed by atoms with Gasteiger partial charge in [0.15, 0.2) is 5.76 Å². The van der Waals surface area contributed by atoms with Crippen LogP contribution >= 0.6 is 0 Å². The SMILES string of the molecule is CN(Cc1cc(C2CNC2)no1)C1(C)CC1. The molecule has 4 nitrogen and oxygen atoms in total. The van der Waals surface area contributed by atoms with Crippen molar-refractivity contribution in [2.45, 2.75) is 37.8 Å². The van der Waals surface area contributed by atoms with Crippen molar-refractivity contribution in [1.82, 2.24) is 15.4 Å². The Balaban J connectivity index is 1.63. The van der Waals surface area contributed by atoms with E-state index in [1.807, 2.05) is 0 Å². The van der Waals surface area contributed by atoms with Crippen molar-refractivity contribution >= 4 is 0 Å². The van der Waals surface area contributed by atoms with E-state index in [2.05, 4.69) is 35.4 Å². The van der Waals surface area contributed by atoms with Crippen molar-refractivity contribution < 1.29 is 4.52 Å². The summed E-state index contributed by atoms with van der Waals surface area (Å²) >= 11 is 0. The molecule has 0 bridgehead atoms. The average Bonchev–Trinajstić information content (AvgIpc) is 2.76. The van der Waals surface area contributed by atoms with E-state index in [1.165, 1.54) is 12.8 Å². The molecular formula is C12H19N3O. The van der Waals surface area contributed by atoms with Gasteiger partial charge in [-0.25, -0.2) is 0 Å². The van der Waals surface area contributed by atoms with Crippen molar-refractivity contribution in [3.05, 3.63) is 17.5 Å². The van der Waals surface area contributed by atoms with Gasteiger partial charge in [-0.3, -0.25) is 4.90 Å². The molecule has 2 aliphatic rings. The summed E-state index contributed by atoms with van der Waals surface area (Å²) in [6.45, 7) is 5.27. The standard InChI is InChI=1S/C12H19N3O/c1-12(3-4-12)15(2)8-10-5-11(14-16-10)9-6-13-7-9/h5,9,13H,3-4,6-8H2,1-2H3. The second-order valence-electron chi connectivity index (χ2n) is 5.43. The van der Waals surface area contributed by atoms with E-state index in [-0.39, 0.29) is 0 Å². The fraction of sp³-hybridized carbons (Fsp3) is 0.750. The van der Waals surface area contributed by atoms with Crippen LogP contribution in [0.15, 0.2) is 10.6 Å². The van der Waals surface area contributed by atoms with Crippen LogP contribution in [-0.2, 0) is 6.54 Å². The minimum absolute atomic E-state index is 0.408. The minimum atomic E-state index is 0.408. The summed E-state index contributed by atoms with van der Waals surface area (Å²) in [6, 6.07) is 2.12. The zero-order chi connectivity index (χ0) is 11.2. The molecule has 1 aromatic rings. The number of rotatable bonds is 4. The van der Waals surface area contributed by atoms with Gasteiger partial charge in [0.2, 0.25) is 0 Å². The third-order valence-electron chi connectivity index (χ3n) is 4.07. The zero-order valence-corrected chi connectivity index (χ0v) is 9.99. The smallest absolute Gasteiger partial charge is 0.150 e. The summed E-state index contributed by atoms with van der Waals surface area (Å²) in [5.74, 6) is 1.57. The van der Waals surface area contributed by atoms with Crippen LogP contribution in [0.5, 0.6) is 0 Å². The summed E-state index contributed by atoms with van der Waals surface area (Å²) in [5, 5.41) is 7.40. The quantitative estimate of drug-likeness (QED) is 0.833. The number of hydrogen-bond acceptors (Lipinski definition) is 4. The molecule has 0 unspecified atom stereocenters. The predicted molar refractivity (Wildman–Crippen MR) is 61.2 cm³/mol. The lowest BCUT2D eigenvalue weighted by atomic mass is 9.99. The topological polar surface area (TPSA) is 41.3 Å². The molecular weight excluding hydrogens is 202 g/mol. The minimum Gasteiger partial charge on any atom is -0.360 e. The first-order valence-electron chi connectivity index (χ1n) is 6.05. The molecule has 1 saturated heterocycles. The lowest BCUT2D eigenvalue weighted by Gasteiger charge is -2.24. The molecule has 0 atom stereocenters. The monoisotopic (exact) mass is 221 g/mol. The summed E-state index contributed by atoms with van der Waals surface area (Å²) < 4.78 is 5.40. The Bertz CT molecular complexity index is 379. The highest BCUT2D eigenvalue weighted by molar-refractivity contribution is 5.15. The molecule has 2 fully saturated rings. The van der Waals surface area contributed by atoms with Gasteiger partial charge < -0.3 is 9.84 Å². The van der Waals surface area contributed by atoms with Crippen LogP contribution in [0.2, 0.25) is 0 Å². The summed E-state index contributed by atoms with van der Waals surface area (Å²) in [5.41, 5.74) is 1.52. The van der Waals surface area contributed by atoms with Crippen LogP contribution in [0.3, 0.4) is 0 Å². The molecule has 88 valence electrons. The Kier molecular flexibility index (Phi) is 2.30. The third kappa shape index (κ3) is 1.76. The second-order valence-corrected chi connectivity index (χ2v) is 5.43. The van der Waals surface area contributed by atoms with E-state index >= 15 is 0 Å². The molecule has 0 aromatic carbocycles. The molecule has 1 saturated carbocycles. The number of nitrogens with zero attached hydrogens (tertiary/aromatic N) is 2. The Hall–Kier alpha value is -0.870. The van der Waals surface area contributed by atoms with Gasteiger partial charge >= 0.3 is 0 Å². The molecule has 1 aliphatic carbocycles. The summed E-state index contributed by atoms with van der Waals surface area (Å²) in [6.07, 6.45) is 2.61. The molecule has 1 aliphatic heterocycles. The molecule has 0 radical (unpaired) electrons. The lowest BCUT2D eigenvalue weighted by molar-refractivity contribution is 0.202. The van der Waals surface area contributed by atoms with E-state index in [0.29, 0.717) is 11.5 Å². The maximum atomic E-state index is 5.40. The number of nitrogens with one attached hydrogen (secondary N) is 1. The molecule has 16 heavy (non-hydrogen) atoms. The van der Waals surface area contributed by atoms with Gasteiger partial charge in [0.1, 0.15) is 0 Å². The second kappa shape index (κ2) is 3.57. The van der Waals surface area contributed by atoms with Gasteiger partial charge in [0, 0.05) is 30.6 Å². The first-order chi connectivity index (χ1) is 7.67. The highest BCUT2D eigenvalue weighted by atomic mass is 16.5. The van der Waals surface area contributed by atoms with E-state index in [9.17, 15) is 0 Å². The van der Waals surface area contributed by atoms with Crippen molar-refractivity contribution in [3.8, 4) is 0 Å². The van der Waals surface area contributed by atoms with Gasteiger partial charge in [-0.2, -0.15) is 0 Å². The van der Waals surface area contributed by atoms with Gasteiger partial charge in [-0.1, -0.05) is 5.16 Å². The van der Waals surface area contributed by atoms with Crippen LogP contribution in [0.4, 0.5) is 0 Å². The highest BCUT2D eigenvalue weighted by Gasteiger charge is 2.41. The molecule has 4 heteroatoms. The Morgan fingerprint density at radius 1 is 1.56 bits per heavy atom. The van der Waals surface area contributed by atoms with E-state index in [0.717, 1.165) is 31.1 Å². The summed E-state index contributed by atoms with van der Waals surface area (Å²) in [4.78, 5) is 2.37. The van der Waals surface area contributed by atoms with E-state index < -0.39 is 0 Å². The Morgan fingerprint density at radius 3 is 2.88 bits per heavy atom. The van der Waals surface area contributed by atoms with Crippen LogP contribution in [0, 0.1) is 0 Å². The number of hydrogen-bond donors (Lipinski definition) is 1. The van der Waals surface area contributed by atoms with Crippen LogP contribution in [0.1, 0.15) is 37.1 Å². The predicted octanol–water partition coefficient (Wildman–Crippen LogP) is 1.35. The maximum Gasteiger partial charge on any atom is 0.150 e. The molecule has 1 N–H and O–H groups in total. The third-order valence-corrected chi connectivity index (χ3v) is 4.07. The van der Waals surface area contributed by atoms with Crippen molar-refractivity contribution in [2.75, 3.05) is 20.1 Å². The van der Waals surface area contributed by atoms with Crippen molar-refractivity contribution in [3.63, 3.8) is 0 Å².